The molecular weight excluding hydrogens is 272 g/mol. The van der Waals surface area contributed by atoms with Gasteiger partial charge < -0.3 is 14.6 Å². The Bertz CT molecular complexity index is 663. The first-order valence-corrected chi connectivity index (χ1v) is 6.67. The third kappa shape index (κ3) is 4.21. The molecule has 0 bridgehead atoms. The smallest absolute Gasteiger partial charge is 0.311 e. The number of rotatable bonds is 5. The Balaban J connectivity index is 1.99. The Kier molecular flexibility index (Phi) is 4.77. The summed E-state index contributed by atoms with van der Waals surface area (Å²) in [5, 5.41) is 11.1. The highest BCUT2D eigenvalue weighted by Gasteiger charge is 2.10. The van der Waals surface area contributed by atoms with Gasteiger partial charge in [0.15, 0.2) is 0 Å². The summed E-state index contributed by atoms with van der Waals surface area (Å²) < 4.78 is 9.90. The van der Waals surface area contributed by atoms with Gasteiger partial charge in [0.2, 0.25) is 0 Å². The summed E-state index contributed by atoms with van der Waals surface area (Å²) in [6, 6.07) is 10.1. The molecule has 2 aromatic carbocycles. The number of fused-ring (bicyclic) bond motifs is 1. The molecule has 1 N–H and O–H groups in total. The average molecular weight is 288 g/mol. The van der Waals surface area contributed by atoms with Crippen molar-refractivity contribution in [3.8, 4) is 11.5 Å². The zero-order valence-corrected chi connectivity index (χ0v) is 11.7. The minimum absolute atomic E-state index is 0.00103. The molecular formula is C16H16O5. The van der Waals surface area contributed by atoms with Crippen LogP contribution in [0.3, 0.4) is 0 Å². The number of ether oxygens (including phenoxy) is 2. The second-order valence-corrected chi connectivity index (χ2v) is 4.47. The van der Waals surface area contributed by atoms with Crippen LogP contribution in [0.1, 0.15) is 19.8 Å². The Morgan fingerprint density at radius 3 is 2.48 bits per heavy atom. The molecule has 110 valence electrons. The van der Waals surface area contributed by atoms with Crippen LogP contribution in [-0.4, -0.2) is 23.7 Å². The summed E-state index contributed by atoms with van der Waals surface area (Å²) in [4.78, 5) is 22.8. The van der Waals surface area contributed by atoms with Crippen LogP contribution >= 0.6 is 0 Å². The maximum absolute atomic E-state index is 11.6. The standard InChI is InChI=1S/C16H16O5/c1-2-20-15(18)7-8-16(19)21-14-6-4-11-3-5-13(17)9-12(11)10-14/h3-6,9-10,17H,2,7-8H2,1H3. The highest BCUT2D eigenvalue weighted by Crippen LogP contribution is 2.24. The van der Waals surface area contributed by atoms with Crippen molar-refractivity contribution in [2.75, 3.05) is 6.61 Å². The molecule has 2 rings (SSSR count). The summed E-state index contributed by atoms with van der Waals surface area (Å²) in [7, 11) is 0. The first kappa shape index (κ1) is 14.8. The van der Waals surface area contributed by atoms with E-state index in [1.807, 2.05) is 0 Å². The normalized spacial score (nSPS) is 10.3. The molecule has 0 aromatic heterocycles. The Hall–Kier alpha value is -2.56. The van der Waals surface area contributed by atoms with Crippen LogP contribution in [0.2, 0.25) is 0 Å². The first-order valence-electron chi connectivity index (χ1n) is 6.67. The van der Waals surface area contributed by atoms with Crippen LogP contribution in [-0.2, 0) is 14.3 Å². The Morgan fingerprint density at radius 2 is 1.71 bits per heavy atom. The van der Waals surface area contributed by atoms with Gasteiger partial charge in [0.25, 0.3) is 0 Å². The third-order valence-corrected chi connectivity index (χ3v) is 2.87. The highest BCUT2D eigenvalue weighted by molar-refractivity contribution is 5.86. The molecule has 2 aromatic rings. The maximum atomic E-state index is 11.6. The predicted octanol–water partition coefficient (Wildman–Crippen LogP) is 2.79. The lowest BCUT2D eigenvalue weighted by atomic mass is 10.1. The van der Waals surface area contributed by atoms with Gasteiger partial charge >= 0.3 is 11.9 Å². The van der Waals surface area contributed by atoms with E-state index in [1.165, 1.54) is 0 Å². The van der Waals surface area contributed by atoms with E-state index < -0.39 is 11.9 Å². The molecule has 0 radical (unpaired) electrons. The van der Waals surface area contributed by atoms with Crippen molar-refractivity contribution in [3.05, 3.63) is 36.4 Å². The van der Waals surface area contributed by atoms with Gasteiger partial charge in [-0.15, -0.1) is 0 Å². The quantitative estimate of drug-likeness (QED) is 0.676. The second-order valence-electron chi connectivity index (χ2n) is 4.47. The molecule has 0 saturated carbocycles. The van der Waals surface area contributed by atoms with Crippen LogP contribution in [0, 0.1) is 0 Å². The van der Waals surface area contributed by atoms with Gasteiger partial charge in [0, 0.05) is 0 Å². The highest BCUT2D eigenvalue weighted by atomic mass is 16.5. The number of benzene rings is 2. The van der Waals surface area contributed by atoms with Gasteiger partial charge in [-0.3, -0.25) is 9.59 Å². The molecule has 0 aliphatic carbocycles. The lowest BCUT2D eigenvalue weighted by molar-refractivity contribution is -0.146. The van der Waals surface area contributed by atoms with Gasteiger partial charge in [-0.05, 0) is 42.0 Å². The van der Waals surface area contributed by atoms with Crippen LogP contribution in [0.4, 0.5) is 0 Å². The summed E-state index contributed by atoms with van der Waals surface area (Å²) >= 11 is 0. The van der Waals surface area contributed by atoms with Crippen molar-refractivity contribution in [1.82, 2.24) is 0 Å². The van der Waals surface area contributed by atoms with Gasteiger partial charge in [0.05, 0.1) is 19.4 Å². The number of carbonyl (C=O) groups excluding carboxylic acids is 2. The summed E-state index contributed by atoms with van der Waals surface area (Å²) in [5.74, 6) is -0.393. The molecule has 0 unspecified atom stereocenters. The largest absolute Gasteiger partial charge is 0.508 e. The lowest BCUT2D eigenvalue weighted by Gasteiger charge is -2.06. The summed E-state index contributed by atoms with van der Waals surface area (Å²) in [6.07, 6.45) is -0.0298. The Morgan fingerprint density at radius 1 is 1.00 bits per heavy atom. The van der Waals surface area contributed by atoms with Gasteiger partial charge in [-0.25, -0.2) is 0 Å². The summed E-state index contributed by atoms with van der Waals surface area (Å²) in [5.41, 5.74) is 0. The van der Waals surface area contributed by atoms with Gasteiger partial charge in [-0.2, -0.15) is 0 Å². The van der Waals surface area contributed by atoms with E-state index in [4.69, 9.17) is 9.47 Å². The van der Waals surface area contributed by atoms with Crippen LogP contribution in [0.25, 0.3) is 10.8 Å². The Labute approximate surface area is 122 Å². The van der Waals surface area contributed by atoms with Crippen LogP contribution in [0.5, 0.6) is 11.5 Å². The molecule has 0 fully saturated rings. The lowest BCUT2D eigenvalue weighted by Crippen LogP contribution is -2.12. The summed E-state index contributed by atoms with van der Waals surface area (Å²) in [6.45, 7) is 2.00. The van der Waals surface area contributed by atoms with Gasteiger partial charge in [-0.1, -0.05) is 12.1 Å². The average Bonchev–Trinajstić information content (AvgIpc) is 2.45. The van der Waals surface area contributed by atoms with Crippen LogP contribution in [0.15, 0.2) is 36.4 Å². The fourth-order valence-electron chi connectivity index (χ4n) is 1.90. The number of phenols is 1. The predicted molar refractivity (Wildman–Crippen MR) is 77.1 cm³/mol. The van der Waals surface area contributed by atoms with E-state index in [-0.39, 0.29) is 18.6 Å². The first-order chi connectivity index (χ1) is 10.1. The molecule has 21 heavy (non-hydrogen) atoms. The molecule has 0 spiro atoms. The monoisotopic (exact) mass is 288 g/mol. The van der Waals surface area contributed by atoms with E-state index in [0.717, 1.165) is 10.8 Å². The SMILES string of the molecule is CCOC(=O)CCC(=O)Oc1ccc2ccc(O)cc2c1. The molecule has 0 aliphatic rings. The maximum Gasteiger partial charge on any atom is 0.311 e. The van der Waals surface area contributed by atoms with E-state index in [0.29, 0.717) is 12.4 Å². The zero-order chi connectivity index (χ0) is 15.2. The van der Waals surface area contributed by atoms with Crippen molar-refractivity contribution in [2.45, 2.75) is 19.8 Å². The zero-order valence-electron chi connectivity index (χ0n) is 11.7. The molecule has 0 amide bonds. The van der Waals surface area contributed by atoms with Crippen molar-refractivity contribution in [1.29, 1.82) is 0 Å². The van der Waals surface area contributed by atoms with Crippen molar-refractivity contribution >= 4 is 22.7 Å². The van der Waals surface area contributed by atoms with E-state index in [2.05, 4.69) is 0 Å². The molecule has 0 heterocycles. The van der Waals surface area contributed by atoms with Crippen molar-refractivity contribution in [2.24, 2.45) is 0 Å². The van der Waals surface area contributed by atoms with Crippen LogP contribution < -0.4 is 4.74 Å². The van der Waals surface area contributed by atoms with Crippen molar-refractivity contribution < 1.29 is 24.2 Å². The number of esters is 2. The van der Waals surface area contributed by atoms with Crippen molar-refractivity contribution in [3.63, 3.8) is 0 Å². The molecule has 0 saturated heterocycles. The number of aromatic hydroxyl groups is 1. The number of carbonyl (C=O) groups is 2. The molecule has 0 atom stereocenters. The molecule has 5 heteroatoms. The number of hydrogen-bond acceptors (Lipinski definition) is 5. The number of hydrogen-bond donors (Lipinski definition) is 1. The third-order valence-electron chi connectivity index (χ3n) is 2.87. The fourth-order valence-corrected chi connectivity index (χ4v) is 1.90. The van der Waals surface area contributed by atoms with E-state index >= 15 is 0 Å². The molecule has 5 nitrogen and oxygen atoms in total. The topological polar surface area (TPSA) is 72.8 Å². The van der Waals surface area contributed by atoms with Gasteiger partial charge in [0.1, 0.15) is 11.5 Å². The van der Waals surface area contributed by atoms with E-state index in [1.54, 1.807) is 43.3 Å². The minimum Gasteiger partial charge on any atom is -0.508 e. The minimum atomic E-state index is -0.498. The molecule has 0 aliphatic heterocycles. The van der Waals surface area contributed by atoms with E-state index in [9.17, 15) is 14.7 Å². The fraction of sp³-hybridized carbons (Fsp3) is 0.250. The number of phenolic OH excluding ortho intramolecular Hbond substituents is 1. The second kappa shape index (κ2) is 6.74.